The molecular weight excluding hydrogens is 234 g/mol. The molecule has 2 heterocycles. The average molecular weight is 253 g/mol. The van der Waals surface area contributed by atoms with E-state index >= 15 is 0 Å². The predicted molar refractivity (Wildman–Crippen MR) is 66.6 cm³/mol. The molecule has 0 radical (unpaired) electrons. The van der Waals surface area contributed by atoms with Gasteiger partial charge in [0.05, 0.1) is 0 Å². The molecule has 1 aromatic rings. The molecule has 1 aliphatic heterocycles. The Labute approximate surface area is 105 Å². The predicted octanol–water partition coefficient (Wildman–Crippen LogP) is 1.04. The van der Waals surface area contributed by atoms with Crippen LogP contribution < -0.4 is 5.56 Å². The minimum atomic E-state index is -0.491. The van der Waals surface area contributed by atoms with Crippen LogP contribution in [0.25, 0.3) is 0 Å². The number of carbonyl (C=O) groups is 1. The van der Waals surface area contributed by atoms with Crippen molar-refractivity contribution in [1.29, 1.82) is 0 Å². The van der Waals surface area contributed by atoms with Crippen molar-refractivity contribution in [2.45, 2.75) is 39.2 Å². The van der Waals surface area contributed by atoms with Crippen LogP contribution in [0.5, 0.6) is 0 Å². The summed E-state index contributed by atoms with van der Waals surface area (Å²) in [5, 5.41) is 5.43. The van der Waals surface area contributed by atoms with Crippen LogP contribution in [0.1, 0.15) is 32.0 Å². The van der Waals surface area contributed by atoms with Crippen LogP contribution in [0, 0.1) is 0 Å². The van der Waals surface area contributed by atoms with Crippen LogP contribution in [0.15, 0.2) is 4.79 Å². The summed E-state index contributed by atoms with van der Waals surface area (Å²) < 4.78 is 5.33. The van der Waals surface area contributed by atoms with Crippen molar-refractivity contribution in [2.24, 2.45) is 0 Å². The SMILES string of the molecule is CC(C)(C)OC(=O)N1CCc2[nH][nH]c(=O)c2CC1. The molecule has 1 amide bonds. The summed E-state index contributed by atoms with van der Waals surface area (Å²) >= 11 is 0. The van der Waals surface area contributed by atoms with Gasteiger partial charge in [0.15, 0.2) is 0 Å². The number of carbonyl (C=O) groups excluding carboxylic acids is 1. The quantitative estimate of drug-likeness (QED) is 0.725. The van der Waals surface area contributed by atoms with Crippen LogP contribution in [0.3, 0.4) is 0 Å². The van der Waals surface area contributed by atoms with Gasteiger partial charge in [-0.25, -0.2) is 4.79 Å². The second-order valence-corrected chi connectivity index (χ2v) is 5.50. The maximum atomic E-state index is 11.9. The molecule has 0 spiro atoms. The van der Waals surface area contributed by atoms with E-state index in [0.29, 0.717) is 25.9 Å². The second-order valence-electron chi connectivity index (χ2n) is 5.50. The van der Waals surface area contributed by atoms with Gasteiger partial charge in [-0.2, -0.15) is 0 Å². The summed E-state index contributed by atoms with van der Waals surface area (Å²) in [4.78, 5) is 25.1. The number of nitrogens with one attached hydrogen (secondary N) is 2. The number of hydrogen-bond acceptors (Lipinski definition) is 3. The third-order valence-corrected chi connectivity index (χ3v) is 2.88. The van der Waals surface area contributed by atoms with E-state index in [9.17, 15) is 9.59 Å². The van der Waals surface area contributed by atoms with E-state index in [0.717, 1.165) is 11.3 Å². The first-order chi connectivity index (χ1) is 8.37. The Morgan fingerprint density at radius 3 is 2.56 bits per heavy atom. The van der Waals surface area contributed by atoms with Crippen molar-refractivity contribution in [3.05, 3.63) is 21.6 Å². The first-order valence-electron chi connectivity index (χ1n) is 6.13. The lowest BCUT2D eigenvalue weighted by Gasteiger charge is -2.26. The Balaban J connectivity index is 2.04. The summed E-state index contributed by atoms with van der Waals surface area (Å²) in [6.45, 7) is 6.61. The maximum Gasteiger partial charge on any atom is 0.410 e. The monoisotopic (exact) mass is 253 g/mol. The van der Waals surface area contributed by atoms with Gasteiger partial charge in [-0.15, -0.1) is 0 Å². The molecule has 1 aliphatic rings. The lowest BCUT2D eigenvalue weighted by molar-refractivity contribution is 0.0258. The molecule has 0 aliphatic carbocycles. The zero-order valence-corrected chi connectivity index (χ0v) is 11.0. The molecule has 0 aromatic carbocycles. The standard InChI is InChI=1S/C12H19N3O3/c1-12(2,3)18-11(17)15-6-4-8-9(5-7-15)13-14-10(8)16/h4-7H2,1-3H3,(H2,13,14,16). The highest BCUT2D eigenvalue weighted by atomic mass is 16.6. The van der Waals surface area contributed by atoms with Crippen LogP contribution >= 0.6 is 0 Å². The zero-order valence-electron chi connectivity index (χ0n) is 11.0. The Hall–Kier alpha value is -1.72. The minimum absolute atomic E-state index is 0.0870. The molecule has 6 heteroatoms. The van der Waals surface area contributed by atoms with E-state index in [1.165, 1.54) is 0 Å². The largest absolute Gasteiger partial charge is 0.444 e. The van der Waals surface area contributed by atoms with Crippen molar-refractivity contribution in [1.82, 2.24) is 15.1 Å². The highest BCUT2D eigenvalue weighted by Crippen LogP contribution is 2.14. The average Bonchev–Trinajstić information content (AvgIpc) is 2.48. The Morgan fingerprint density at radius 1 is 1.22 bits per heavy atom. The van der Waals surface area contributed by atoms with Gasteiger partial charge in [0.25, 0.3) is 5.56 Å². The van der Waals surface area contributed by atoms with Gasteiger partial charge in [0.2, 0.25) is 0 Å². The first kappa shape index (κ1) is 12.7. The smallest absolute Gasteiger partial charge is 0.410 e. The second kappa shape index (κ2) is 4.51. The third kappa shape index (κ3) is 2.75. The highest BCUT2D eigenvalue weighted by Gasteiger charge is 2.25. The number of fused-ring (bicyclic) bond motifs is 1. The van der Waals surface area contributed by atoms with Crippen LogP contribution in [-0.4, -0.2) is 39.9 Å². The number of aromatic amines is 2. The summed E-state index contributed by atoms with van der Waals surface area (Å²) in [7, 11) is 0. The molecule has 6 nitrogen and oxygen atoms in total. The lowest BCUT2D eigenvalue weighted by atomic mass is 10.2. The maximum absolute atomic E-state index is 11.9. The molecule has 2 N–H and O–H groups in total. The number of hydrogen-bond donors (Lipinski definition) is 2. The van der Waals surface area contributed by atoms with Gasteiger partial charge in [0.1, 0.15) is 5.60 Å². The normalized spacial score (nSPS) is 16.1. The van der Waals surface area contributed by atoms with Crippen molar-refractivity contribution in [3.63, 3.8) is 0 Å². The van der Waals surface area contributed by atoms with E-state index in [-0.39, 0.29) is 11.7 Å². The number of amides is 1. The molecule has 100 valence electrons. The fraction of sp³-hybridized carbons (Fsp3) is 0.667. The zero-order chi connectivity index (χ0) is 13.3. The number of nitrogens with zero attached hydrogens (tertiary/aromatic N) is 1. The molecule has 0 atom stereocenters. The van der Waals surface area contributed by atoms with Crippen molar-refractivity contribution < 1.29 is 9.53 Å². The summed E-state index contributed by atoms with van der Waals surface area (Å²) in [5.74, 6) is 0. The Kier molecular flexibility index (Phi) is 3.19. The fourth-order valence-electron chi connectivity index (χ4n) is 2.01. The molecular formula is C12H19N3O3. The molecule has 2 rings (SSSR count). The van der Waals surface area contributed by atoms with E-state index in [4.69, 9.17) is 4.74 Å². The van der Waals surface area contributed by atoms with Crippen molar-refractivity contribution >= 4 is 6.09 Å². The first-order valence-corrected chi connectivity index (χ1v) is 6.13. The van der Waals surface area contributed by atoms with E-state index in [1.54, 1.807) is 4.90 Å². The Bertz CT molecular complexity index is 495. The van der Waals surface area contributed by atoms with E-state index in [1.807, 2.05) is 20.8 Å². The van der Waals surface area contributed by atoms with Crippen LogP contribution in [0.4, 0.5) is 4.79 Å². The third-order valence-electron chi connectivity index (χ3n) is 2.88. The molecule has 0 saturated heterocycles. The molecule has 0 bridgehead atoms. The molecule has 18 heavy (non-hydrogen) atoms. The molecule has 1 aromatic heterocycles. The van der Waals surface area contributed by atoms with Gasteiger partial charge in [0, 0.05) is 30.8 Å². The van der Waals surface area contributed by atoms with Gasteiger partial charge in [-0.1, -0.05) is 0 Å². The fourth-order valence-corrected chi connectivity index (χ4v) is 2.01. The minimum Gasteiger partial charge on any atom is -0.444 e. The van der Waals surface area contributed by atoms with Gasteiger partial charge in [-0.05, 0) is 27.2 Å². The van der Waals surface area contributed by atoms with E-state index < -0.39 is 5.60 Å². The van der Waals surface area contributed by atoms with Gasteiger partial charge in [-0.3, -0.25) is 9.89 Å². The molecule has 0 fully saturated rings. The van der Waals surface area contributed by atoms with Crippen LogP contribution in [-0.2, 0) is 17.6 Å². The van der Waals surface area contributed by atoms with Crippen LogP contribution in [0.2, 0.25) is 0 Å². The summed E-state index contributed by atoms with van der Waals surface area (Å²) in [6, 6.07) is 0. The summed E-state index contributed by atoms with van der Waals surface area (Å²) in [5.41, 5.74) is 1.07. The summed E-state index contributed by atoms with van der Waals surface area (Å²) in [6.07, 6.45) is 0.893. The molecule has 0 unspecified atom stereocenters. The van der Waals surface area contributed by atoms with Crippen molar-refractivity contribution in [3.8, 4) is 0 Å². The van der Waals surface area contributed by atoms with E-state index in [2.05, 4.69) is 10.2 Å². The Morgan fingerprint density at radius 2 is 1.89 bits per heavy atom. The lowest BCUT2D eigenvalue weighted by Crippen LogP contribution is -2.38. The number of rotatable bonds is 0. The number of aromatic nitrogens is 2. The van der Waals surface area contributed by atoms with Gasteiger partial charge >= 0.3 is 6.09 Å². The topological polar surface area (TPSA) is 78.2 Å². The number of H-pyrrole nitrogens is 2. The van der Waals surface area contributed by atoms with Gasteiger partial charge < -0.3 is 14.7 Å². The number of ether oxygens (including phenoxy) is 1. The highest BCUT2D eigenvalue weighted by molar-refractivity contribution is 5.68. The van der Waals surface area contributed by atoms with Crippen molar-refractivity contribution in [2.75, 3.05) is 13.1 Å². The molecule has 0 saturated carbocycles.